The van der Waals surface area contributed by atoms with Gasteiger partial charge in [0.25, 0.3) is 11.5 Å². The number of likely N-dealkylation sites (tertiary alicyclic amines) is 1. The van der Waals surface area contributed by atoms with E-state index in [1.165, 1.54) is 13.2 Å². The highest BCUT2D eigenvalue weighted by atomic mass is 16.2. The summed E-state index contributed by atoms with van der Waals surface area (Å²) in [6, 6.07) is -0.209. The number of aromatic nitrogens is 2. The Morgan fingerprint density at radius 1 is 1.45 bits per heavy atom. The van der Waals surface area contributed by atoms with Crippen LogP contribution >= 0.6 is 0 Å². The van der Waals surface area contributed by atoms with Gasteiger partial charge in [0.2, 0.25) is 0 Å². The van der Waals surface area contributed by atoms with E-state index in [0.29, 0.717) is 6.54 Å². The number of amides is 1. The molecule has 20 heavy (non-hydrogen) atoms. The van der Waals surface area contributed by atoms with E-state index in [1.54, 1.807) is 4.90 Å². The third kappa shape index (κ3) is 2.53. The number of hydrogen-bond acceptors (Lipinski definition) is 4. The number of nitrogens with one attached hydrogen (secondary N) is 1. The molecule has 3 N–H and O–H groups in total. The minimum absolute atomic E-state index is 0.0142. The van der Waals surface area contributed by atoms with Gasteiger partial charge in [-0.05, 0) is 26.2 Å². The molecule has 7 heteroatoms. The summed E-state index contributed by atoms with van der Waals surface area (Å²) in [5.41, 5.74) is 4.81. The van der Waals surface area contributed by atoms with Crippen molar-refractivity contribution in [2.45, 2.75) is 38.3 Å². The van der Waals surface area contributed by atoms with Gasteiger partial charge in [-0.3, -0.25) is 14.2 Å². The highest BCUT2D eigenvalue weighted by molar-refractivity contribution is 5.93. The largest absolute Gasteiger partial charge is 0.334 e. The first-order valence-electron chi connectivity index (χ1n) is 6.78. The summed E-state index contributed by atoms with van der Waals surface area (Å²) >= 11 is 0. The molecule has 110 valence electrons. The van der Waals surface area contributed by atoms with E-state index in [4.69, 9.17) is 5.73 Å². The summed E-state index contributed by atoms with van der Waals surface area (Å²) in [5.74, 6) is -0.358. The lowest BCUT2D eigenvalue weighted by molar-refractivity contribution is 0.0580. The van der Waals surface area contributed by atoms with E-state index < -0.39 is 11.2 Å². The standard InChI is InChI=1S/C13H20N4O3/c1-8(14)10-5-3-4-6-17(10)12(19)9-7-15-13(20)16(2)11(9)18/h7-8,10H,3-6,14H2,1-2H3,(H,15,20)/t8-,10-/m0/s1. The quantitative estimate of drug-likeness (QED) is 0.756. The van der Waals surface area contributed by atoms with Gasteiger partial charge in [-0.2, -0.15) is 0 Å². The molecule has 0 radical (unpaired) electrons. The van der Waals surface area contributed by atoms with Crippen molar-refractivity contribution in [1.82, 2.24) is 14.5 Å². The van der Waals surface area contributed by atoms with E-state index >= 15 is 0 Å². The van der Waals surface area contributed by atoms with Crippen LogP contribution in [0.4, 0.5) is 0 Å². The molecule has 2 rings (SSSR count). The lowest BCUT2D eigenvalue weighted by atomic mass is 9.96. The minimum Gasteiger partial charge on any atom is -0.334 e. The number of rotatable bonds is 2. The van der Waals surface area contributed by atoms with Gasteiger partial charge in [0, 0.05) is 31.9 Å². The zero-order valence-electron chi connectivity index (χ0n) is 11.8. The number of carbonyl (C=O) groups is 1. The maximum Gasteiger partial charge on any atom is 0.328 e. The molecule has 0 spiro atoms. The van der Waals surface area contributed by atoms with Crippen molar-refractivity contribution in [3.05, 3.63) is 32.6 Å². The Morgan fingerprint density at radius 3 is 2.80 bits per heavy atom. The number of H-pyrrole nitrogens is 1. The number of nitrogens with zero attached hydrogens (tertiary/aromatic N) is 2. The summed E-state index contributed by atoms with van der Waals surface area (Å²) in [5, 5.41) is 0. The summed E-state index contributed by atoms with van der Waals surface area (Å²) in [6.45, 7) is 2.45. The van der Waals surface area contributed by atoms with E-state index in [2.05, 4.69) is 4.98 Å². The van der Waals surface area contributed by atoms with Gasteiger partial charge in [-0.1, -0.05) is 0 Å². The SMILES string of the molecule is C[C@H](N)[C@@H]1CCCCN1C(=O)c1c[nH]c(=O)n(C)c1=O. The second-order valence-electron chi connectivity index (χ2n) is 5.29. The predicted octanol–water partition coefficient (Wildman–Crippen LogP) is -0.584. The zero-order valence-corrected chi connectivity index (χ0v) is 11.8. The van der Waals surface area contributed by atoms with Crippen LogP contribution in [0.5, 0.6) is 0 Å². The molecule has 2 heterocycles. The molecule has 1 fully saturated rings. The third-order valence-electron chi connectivity index (χ3n) is 3.83. The van der Waals surface area contributed by atoms with Crippen molar-refractivity contribution in [3.8, 4) is 0 Å². The molecular weight excluding hydrogens is 260 g/mol. The van der Waals surface area contributed by atoms with Gasteiger partial charge in [0.05, 0.1) is 0 Å². The normalized spacial score (nSPS) is 20.8. The van der Waals surface area contributed by atoms with Crippen molar-refractivity contribution >= 4 is 5.91 Å². The molecule has 1 aliphatic heterocycles. The van der Waals surface area contributed by atoms with Crippen molar-refractivity contribution in [1.29, 1.82) is 0 Å². The second-order valence-corrected chi connectivity index (χ2v) is 5.29. The molecule has 1 saturated heterocycles. The second kappa shape index (κ2) is 5.62. The molecule has 0 bridgehead atoms. The van der Waals surface area contributed by atoms with Crippen molar-refractivity contribution < 1.29 is 4.79 Å². The number of carbonyl (C=O) groups excluding carboxylic acids is 1. The molecule has 0 unspecified atom stereocenters. The zero-order chi connectivity index (χ0) is 14.9. The average Bonchev–Trinajstić information content (AvgIpc) is 2.44. The maximum absolute atomic E-state index is 12.5. The van der Waals surface area contributed by atoms with E-state index in [1.807, 2.05) is 6.92 Å². The van der Waals surface area contributed by atoms with Gasteiger partial charge in [0.1, 0.15) is 5.56 Å². The van der Waals surface area contributed by atoms with Gasteiger partial charge in [0.15, 0.2) is 0 Å². The Bertz CT molecular complexity index is 617. The molecule has 1 aromatic rings. The van der Waals surface area contributed by atoms with Crippen LogP contribution in [-0.2, 0) is 7.05 Å². The monoisotopic (exact) mass is 280 g/mol. The summed E-state index contributed by atoms with van der Waals surface area (Å²) in [4.78, 5) is 39.9. The Labute approximate surface area is 116 Å². The highest BCUT2D eigenvalue weighted by Crippen LogP contribution is 2.20. The van der Waals surface area contributed by atoms with E-state index in [-0.39, 0.29) is 23.6 Å². The van der Waals surface area contributed by atoms with Crippen LogP contribution in [0.2, 0.25) is 0 Å². The van der Waals surface area contributed by atoms with Crippen LogP contribution in [0, 0.1) is 0 Å². The van der Waals surface area contributed by atoms with Crippen LogP contribution in [0.25, 0.3) is 0 Å². The number of nitrogens with two attached hydrogens (primary N) is 1. The molecule has 1 aliphatic rings. The molecule has 1 aromatic heterocycles. The number of piperidine rings is 1. The van der Waals surface area contributed by atoms with Gasteiger partial charge in [-0.15, -0.1) is 0 Å². The third-order valence-corrected chi connectivity index (χ3v) is 3.83. The van der Waals surface area contributed by atoms with Crippen LogP contribution in [0.3, 0.4) is 0 Å². The summed E-state index contributed by atoms with van der Waals surface area (Å²) in [7, 11) is 1.34. The fourth-order valence-corrected chi connectivity index (χ4v) is 2.63. The maximum atomic E-state index is 12.5. The molecule has 0 aromatic carbocycles. The smallest absolute Gasteiger partial charge is 0.328 e. The van der Waals surface area contributed by atoms with Crippen molar-refractivity contribution in [2.75, 3.05) is 6.54 Å². The average molecular weight is 280 g/mol. The summed E-state index contributed by atoms with van der Waals surface area (Å²) in [6.07, 6.45) is 3.96. The molecular formula is C13H20N4O3. The first-order valence-corrected chi connectivity index (χ1v) is 6.78. The Balaban J connectivity index is 2.38. The van der Waals surface area contributed by atoms with E-state index in [0.717, 1.165) is 23.8 Å². The fraction of sp³-hybridized carbons (Fsp3) is 0.615. The van der Waals surface area contributed by atoms with Gasteiger partial charge < -0.3 is 15.6 Å². The molecule has 7 nitrogen and oxygen atoms in total. The Morgan fingerprint density at radius 2 is 2.15 bits per heavy atom. The van der Waals surface area contributed by atoms with Crippen LogP contribution < -0.4 is 17.0 Å². The van der Waals surface area contributed by atoms with E-state index in [9.17, 15) is 14.4 Å². The fourth-order valence-electron chi connectivity index (χ4n) is 2.63. The van der Waals surface area contributed by atoms with Crippen molar-refractivity contribution in [2.24, 2.45) is 12.8 Å². The summed E-state index contributed by atoms with van der Waals surface area (Å²) < 4.78 is 0.901. The Hall–Kier alpha value is -1.89. The lowest BCUT2D eigenvalue weighted by Gasteiger charge is -2.37. The van der Waals surface area contributed by atoms with Gasteiger partial charge >= 0.3 is 5.69 Å². The van der Waals surface area contributed by atoms with Crippen LogP contribution in [-0.4, -0.2) is 39.0 Å². The lowest BCUT2D eigenvalue weighted by Crippen LogP contribution is -2.53. The number of aromatic amines is 1. The molecule has 1 amide bonds. The van der Waals surface area contributed by atoms with Crippen molar-refractivity contribution in [3.63, 3.8) is 0 Å². The molecule has 0 saturated carbocycles. The first-order chi connectivity index (χ1) is 9.43. The number of hydrogen-bond donors (Lipinski definition) is 2. The van der Waals surface area contributed by atoms with Crippen LogP contribution in [0.1, 0.15) is 36.5 Å². The minimum atomic E-state index is -0.576. The molecule has 2 atom stereocenters. The van der Waals surface area contributed by atoms with Gasteiger partial charge in [-0.25, -0.2) is 4.79 Å². The molecule has 0 aliphatic carbocycles. The Kier molecular flexibility index (Phi) is 4.08. The topological polar surface area (TPSA) is 101 Å². The first kappa shape index (κ1) is 14.5. The predicted molar refractivity (Wildman–Crippen MR) is 74.6 cm³/mol. The highest BCUT2D eigenvalue weighted by Gasteiger charge is 2.31. The van der Waals surface area contributed by atoms with Crippen LogP contribution in [0.15, 0.2) is 15.8 Å².